The Bertz CT molecular complexity index is 446. The van der Waals surface area contributed by atoms with Crippen LogP contribution >= 0.6 is 23.2 Å². The van der Waals surface area contributed by atoms with Crippen LogP contribution in [-0.2, 0) is 5.41 Å². The summed E-state index contributed by atoms with van der Waals surface area (Å²) in [5, 5.41) is 4.88. The lowest BCUT2D eigenvalue weighted by Gasteiger charge is -2.29. The molecule has 3 atom stereocenters. The largest absolute Gasteiger partial charge is 0.316 e. The third-order valence-corrected chi connectivity index (χ3v) is 5.25. The third-order valence-electron chi connectivity index (χ3n) is 4.51. The van der Waals surface area contributed by atoms with Gasteiger partial charge in [0.1, 0.15) is 0 Å². The van der Waals surface area contributed by atoms with Crippen LogP contribution in [0, 0.1) is 11.8 Å². The Hall–Kier alpha value is -0.240. The van der Waals surface area contributed by atoms with E-state index >= 15 is 0 Å². The van der Waals surface area contributed by atoms with Gasteiger partial charge in [-0.3, -0.25) is 0 Å². The van der Waals surface area contributed by atoms with E-state index in [1.54, 1.807) is 0 Å². The van der Waals surface area contributed by atoms with Crippen LogP contribution in [0.3, 0.4) is 0 Å². The predicted octanol–water partition coefficient (Wildman–Crippen LogP) is 3.88. The fraction of sp³-hybridized carbons (Fsp3) is 0.571. The number of fused-ring (bicyclic) bond motifs is 1. The highest BCUT2D eigenvalue weighted by atomic mass is 35.5. The molecule has 1 aliphatic carbocycles. The number of hydrogen-bond acceptors (Lipinski definition) is 1. The maximum Gasteiger partial charge on any atom is 0.0595 e. The van der Waals surface area contributed by atoms with Crippen LogP contribution in [0.15, 0.2) is 18.2 Å². The van der Waals surface area contributed by atoms with Gasteiger partial charge in [-0.05, 0) is 48.9 Å². The van der Waals surface area contributed by atoms with Crippen LogP contribution in [0.1, 0.15) is 25.3 Å². The maximum absolute atomic E-state index is 6.16. The van der Waals surface area contributed by atoms with Gasteiger partial charge in [0.15, 0.2) is 0 Å². The molecule has 17 heavy (non-hydrogen) atoms. The van der Waals surface area contributed by atoms with Crippen LogP contribution in [0.2, 0.25) is 10.0 Å². The second kappa shape index (κ2) is 4.15. The van der Waals surface area contributed by atoms with E-state index in [-0.39, 0.29) is 0 Å². The zero-order valence-electron chi connectivity index (χ0n) is 9.97. The van der Waals surface area contributed by atoms with E-state index in [1.807, 2.05) is 6.07 Å². The summed E-state index contributed by atoms with van der Waals surface area (Å²) >= 11 is 12.2. The van der Waals surface area contributed by atoms with Crippen LogP contribution in [-0.4, -0.2) is 13.1 Å². The van der Waals surface area contributed by atoms with Gasteiger partial charge in [-0.1, -0.05) is 36.2 Å². The number of benzene rings is 1. The molecule has 1 unspecified atom stereocenters. The van der Waals surface area contributed by atoms with Gasteiger partial charge in [0, 0.05) is 12.0 Å². The highest BCUT2D eigenvalue weighted by molar-refractivity contribution is 6.42. The van der Waals surface area contributed by atoms with Gasteiger partial charge in [0.25, 0.3) is 0 Å². The molecule has 1 saturated carbocycles. The normalized spacial score (nSPS) is 36.2. The van der Waals surface area contributed by atoms with Crippen molar-refractivity contribution < 1.29 is 0 Å². The molecule has 3 heteroatoms. The molecule has 0 bridgehead atoms. The summed E-state index contributed by atoms with van der Waals surface area (Å²) in [5.74, 6) is 1.58. The van der Waals surface area contributed by atoms with Gasteiger partial charge in [0.2, 0.25) is 0 Å². The molecule has 1 aliphatic heterocycles. The molecule has 0 radical (unpaired) electrons. The lowest BCUT2D eigenvalue weighted by atomic mass is 9.74. The molecule has 2 aliphatic rings. The van der Waals surface area contributed by atoms with E-state index in [0.29, 0.717) is 15.5 Å². The van der Waals surface area contributed by atoms with E-state index in [1.165, 1.54) is 18.4 Å². The van der Waals surface area contributed by atoms with Gasteiger partial charge in [-0.25, -0.2) is 0 Å². The first-order valence-electron chi connectivity index (χ1n) is 6.28. The Morgan fingerprint density at radius 2 is 2.12 bits per heavy atom. The predicted molar refractivity (Wildman–Crippen MR) is 72.9 cm³/mol. The lowest BCUT2D eigenvalue weighted by molar-refractivity contribution is 0.399. The van der Waals surface area contributed by atoms with Gasteiger partial charge >= 0.3 is 0 Å². The first-order valence-corrected chi connectivity index (χ1v) is 7.04. The average Bonchev–Trinajstić information content (AvgIpc) is 2.78. The summed E-state index contributed by atoms with van der Waals surface area (Å²) in [6.45, 7) is 4.59. The number of rotatable bonds is 1. The molecule has 1 aromatic carbocycles. The van der Waals surface area contributed by atoms with Crippen LogP contribution in [0.4, 0.5) is 0 Å². The minimum absolute atomic E-state index is 0.299. The fourth-order valence-corrected chi connectivity index (χ4v) is 4.11. The molecule has 1 heterocycles. The van der Waals surface area contributed by atoms with Crippen molar-refractivity contribution in [1.82, 2.24) is 5.32 Å². The SMILES string of the molecule is CC1C[C@@H]2CNC[C@]2(c2ccc(Cl)c(Cl)c2)C1. The zero-order valence-corrected chi connectivity index (χ0v) is 11.5. The van der Waals surface area contributed by atoms with Crippen molar-refractivity contribution in [3.63, 3.8) is 0 Å². The number of nitrogens with one attached hydrogen (secondary N) is 1. The van der Waals surface area contributed by atoms with Gasteiger partial charge in [-0.15, -0.1) is 0 Å². The van der Waals surface area contributed by atoms with E-state index in [0.717, 1.165) is 24.9 Å². The molecular formula is C14H17Cl2N. The third kappa shape index (κ3) is 1.80. The highest BCUT2D eigenvalue weighted by Crippen LogP contribution is 2.50. The van der Waals surface area contributed by atoms with Crippen molar-refractivity contribution in [1.29, 1.82) is 0 Å². The quantitative estimate of drug-likeness (QED) is 0.816. The van der Waals surface area contributed by atoms with Crippen molar-refractivity contribution >= 4 is 23.2 Å². The summed E-state index contributed by atoms with van der Waals surface area (Å²) in [6.07, 6.45) is 2.59. The smallest absolute Gasteiger partial charge is 0.0595 e. The molecule has 0 spiro atoms. The van der Waals surface area contributed by atoms with Gasteiger partial charge < -0.3 is 5.32 Å². The van der Waals surface area contributed by atoms with Crippen LogP contribution in [0.25, 0.3) is 0 Å². The highest BCUT2D eigenvalue weighted by Gasteiger charge is 2.49. The molecule has 0 aromatic heterocycles. The summed E-state index contributed by atoms with van der Waals surface area (Å²) in [5.41, 5.74) is 1.67. The first-order chi connectivity index (χ1) is 8.12. The minimum atomic E-state index is 0.299. The van der Waals surface area contributed by atoms with Crippen molar-refractivity contribution in [3.8, 4) is 0 Å². The molecule has 3 rings (SSSR count). The van der Waals surface area contributed by atoms with E-state index in [9.17, 15) is 0 Å². The Labute approximate surface area is 112 Å². The maximum atomic E-state index is 6.16. The first kappa shape index (κ1) is 11.8. The van der Waals surface area contributed by atoms with Crippen LogP contribution in [0.5, 0.6) is 0 Å². The molecule has 92 valence electrons. The Morgan fingerprint density at radius 1 is 1.29 bits per heavy atom. The minimum Gasteiger partial charge on any atom is -0.316 e. The van der Waals surface area contributed by atoms with Crippen molar-refractivity contribution in [2.75, 3.05) is 13.1 Å². The lowest BCUT2D eigenvalue weighted by Crippen LogP contribution is -2.31. The molecule has 1 aromatic rings. The summed E-state index contributed by atoms with van der Waals surface area (Å²) < 4.78 is 0. The molecule has 0 amide bonds. The standard InChI is InChI=1S/C14H17Cl2N/c1-9-4-11-7-17-8-14(11,6-9)10-2-3-12(15)13(16)5-10/h2-3,5,9,11,17H,4,6-8H2,1H3/t9?,11-,14+/m1/s1. The van der Waals surface area contributed by atoms with Gasteiger partial charge in [-0.2, -0.15) is 0 Å². The second-order valence-corrected chi connectivity index (χ2v) is 6.47. The van der Waals surface area contributed by atoms with Crippen molar-refractivity contribution in [2.45, 2.75) is 25.2 Å². The molecule has 2 fully saturated rings. The summed E-state index contributed by atoms with van der Waals surface area (Å²) in [6, 6.07) is 6.17. The van der Waals surface area contributed by atoms with E-state index in [2.05, 4.69) is 24.4 Å². The van der Waals surface area contributed by atoms with Crippen molar-refractivity contribution in [3.05, 3.63) is 33.8 Å². The zero-order chi connectivity index (χ0) is 12.0. The molecular weight excluding hydrogens is 253 g/mol. The Kier molecular flexibility index (Phi) is 2.89. The summed E-state index contributed by atoms with van der Waals surface area (Å²) in [4.78, 5) is 0. The second-order valence-electron chi connectivity index (χ2n) is 5.66. The number of hydrogen-bond donors (Lipinski definition) is 1. The van der Waals surface area contributed by atoms with E-state index in [4.69, 9.17) is 23.2 Å². The van der Waals surface area contributed by atoms with Crippen LogP contribution < -0.4 is 5.32 Å². The number of halogens is 2. The molecule has 1 saturated heterocycles. The monoisotopic (exact) mass is 269 g/mol. The molecule has 1 nitrogen and oxygen atoms in total. The fourth-order valence-electron chi connectivity index (χ4n) is 3.81. The Morgan fingerprint density at radius 3 is 2.88 bits per heavy atom. The van der Waals surface area contributed by atoms with Gasteiger partial charge in [0.05, 0.1) is 10.0 Å². The average molecular weight is 270 g/mol. The summed E-state index contributed by atoms with van der Waals surface area (Å²) in [7, 11) is 0. The molecule has 1 N–H and O–H groups in total. The Balaban J connectivity index is 2.04. The van der Waals surface area contributed by atoms with E-state index < -0.39 is 0 Å². The van der Waals surface area contributed by atoms with Crippen molar-refractivity contribution in [2.24, 2.45) is 11.8 Å². The topological polar surface area (TPSA) is 12.0 Å².